The molecule has 0 saturated heterocycles. The number of hydrogen-bond donors (Lipinski definition) is 0. The van der Waals surface area contributed by atoms with Gasteiger partial charge in [0.15, 0.2) is 5.82 Å². The molecule has 0 atom stereocenters. The Hall–Kier alpha value is -17.6. The van der Waals surface area contributed by atoms with Crippen LogP contribution in [-0.2, 0) is 20.1 Å². The summed E-state index contributed by atoms with van der Waals surface area (Å²) in [5.74, 6) is 0.686. The van der Waals surface area contributed by atoms with Gasteiger partial charge in [-0.2, -0.15) is 0 Å². The van der Waals surface area contributed by atoms with Crippen LogP contribution in [0.3, 0.4) is 0 Å². The number of nitrogens with zero attached hydrogens (tertiary/aromatic N) is 8. The fourth-order valence-electron chi connectivity index (χ4n) is 19.3. The van der Waals surface area contributed by atoms with Gasteiger partial charge >= 0.3 is 0 Å². The zero-order chi connectivity index (χ0) is 91.3. The summed E-state index contributed by atoms with van der Waals surface area (Å²) < 4.78 is 9.60. The van der Waals surface area contributed by atoms with Crippen molar-refractivity contribution in [3.8, 4) is 135 Å². The smallest absolute Gasteiger partial charge is 0.160 e. The first kappa shape index (κ1) is 85.9. The number of rotatable bonds is 14. The molecule has 7 aromatic heterocycles. The molecule has 19 aromatic carbocycles. The molecular weight excluding hydrogens is 1850 g/mol. The average Bonchev–Trinajstić information content (AvgIpc) is 1.59. The van der Waals surface area contributed by atoms with Crippen LogP contribution in [0.1, 0.15) is 5.56 Å². The third-order valence-corrected chi connectivity index (χ3v) is 25.9. The Balaban J connectivity index is 0.000000121. The van der Waals surface area contributed by atoms with E-state index in [1.54, 1.807) is 6.20 Å². The van der Waals surface area contributed by atoms with Crippen molar-refractivity contribution < 1.29 is 20.1 Å². The van der Waals surface area contributed by atoms with Crippen LogP contribution >= 0.6 is 0 Å². The molecule has 0 aliphatic carbocycles. The summed E-state index contributed by atoms with van der Waals surface area (Å²) in [4.78, 5) is 19.3. The minimum absolute atomic E-state index is 0. The van der Waals surface area contributed by atoms with Gasteiger partial charge in [0.05, 0.1) is 55.5 Å². The number of para-hydroxylation sites is 6. The molecule has 0 fully saturated rings. The van der Waals surface area contributed by atoms with E-state index in [0.29, 0.717) is 5.82 Å². The Labute approximate surface area is 814 Å². The first-order chi connectivity index (χ1) is 67.9. The summed E-state index contributed by atoms with van der Waals surface area (Å²) >= 11 is 0. The van der Waals surface area contributed by atoms with Crippen molar-refractivity contribution in [1.82, 2.24) is 38.2 Å². The van der Waals surface area contributed by atoms with E-state index in [0.717, 1.165) is 95.4 Å². The van der Waals surface area contributed by atoms with Crippen LogP contribution in [0.5, 0.6) is 0 Å². The Bertz CT molecular complexity index is 8390. The molecule has 0 unspecified atom stereocenters. The second kappa shape index (κ2) is 38.5. The summed E-state index contributed by atoms with van der Waals surface area (Å²) in [6.07, 6.45) is 3.73. The van der Waals surface area contributed by atoms with Crippen molar-refractivity contribution in [3.63, 3.8) is 0 Å². The monoisotopic (exact) mass is 1940 g/mol. The van der Waals surface area contributed by atoms with E-state index < -0.39 is 0 Å². The van der Waals surface area contributed by atoms with Crippen LogP contribution in [0.25, 0.3) is 222 Å². The predicted octanol–water partition coefficient (Wildman–Crippen LogP) is 33.3. The third-order valence-electron chi connectivity index (χ3n) is 25.9. The summed E-state index contributed by atoms with van der Waals surface area (Å²) in [5, 5.41) is 9.91. The predicted molar refractivity (Wildman–Crippen MR) is 571 cm³/mol. The molecule has 0 aliphatic rings. The Morgan fingerprint density at radius 2 is 0.514 bits per heavy atom. The largest absolute Gasteiger partial charge is 0.309 e. The van der Waals surface area contributed by atoms with E-state index in [2.05, 4.69) is 442 Å². The van der Waals surface area contributed by atoms with Gasteiger partial charge in [0.25, 0.3) is 0 Å². The molecule has 26 rings (SSSR count). The number of aromatic nitrogens is 8. The van der Waals surface area contributed by atoms with Crippen molar-refractivity contribution in [2.24, 2.45) is 0 Å². The molecule has 1 radical (unpaired) electrons. The van der Waals surface area contributed by atoms with Crippen molar-refractivity contribution in [2.75, 3.05) is 0 Å². The van der Waals surface area contributed by atoms with Crippen LogP contribution in [0.2, 0.25) is 0 Å². The second-order valence-corrected chi connectivity index (χ2v) is 34.3. The molecular formula is C129H88IrN8-2. The molecule has 0 amide bonds. The molecule has 8 nitrogen and oxygen atoms in total. The summed E-state index contributed by atoms with van der Waals surface area (Å²) in [6.45, 7) is 2.12. The van der Waals surface area contributed by atoms with Crippen molar-refractivity contribution in [1.29, 1.82) is 0 Å². The number of pyridine rings is 2. The van der Waals surface area contributed by atoms with Crippen molar-refractivity contribution >= 4 is 87.2 Å². The Kier molecular flexibility index (Phi) is 24.0. The maximum Gasteiger partial charge on any atom is 0.160 e. The molecule has 0 bridgehead atoms. The van der Waals surface area contributed by atoms with Crippen LogP contribution in [0.15, 0.2) is 516 Å². The fraction of sp³-hybridized carbons (Fsp3) is 0.00775. The van der Waals surface area contributed by atoms with E-state index in [4.69, 9.17) is 9.97 Å². The van der Waals surface area contributed by atoms with Crippen molar-refractivity contribution in [3.05, 3.63) is 534 Å². The maximum absolute atomic E-state index is 5.33. The van der Waals surface area contributed by atoms with Gasteiger partial charge in [0, 0.05) is 121 Å². The van der Waals surface area contributed by atoms with Crippen LogP contribution < -0.4 is 0 Å². The molecule has 9 heteroatoms. The summed E-state index contributed by atoms with van der Waals surface area (Å²) in [7, 11) is 0. The molecule has 0 aliphatic heterocycles. The standard InChI is InChI=1S/C52H34N4.C48H32N2.C18H14N.C11H8N.Ir/c1-3-15-35(16-4-1)36-27-29-37(30-28-36)46-34-47(54-52(53-46)38-17-5-2-6-18-38)39-31-40(55-48-23-11-7-19-42(48)43-20-8-12-24-49(43)55)33-41(32-39)56-50-25-13-9-21-44(50)45-22-10-14-26-51(45)56;1-3-13-33(14-4-1)35-17-11-19-39(29-35)49-45-23-9-7-21-41(45)43-31-37(25-27-47(43)49)38-26-28-48-44(32-38)42-22-8-10-24-46(42)50(48)40-20-12-18-36(30-40)34-15-5-2-6-16-34;1-14-12-18(16-10-6-3-7-11-16)19-13-17(14)15-8-4-2-5-9-15;1-2-6-10(7-3-1)11-8-4-5-9-12-11;/h1-34H;1-32H;2-10,12-13H,1H3;1-6,8-9H;/q;;2*-1;. The number of aryl methyl sites for hydroxylation is 1. The number of hydrogen-bond acceptors (Lipinski definition) is 4. The topological polar surface area (TPSA) is 71.3 Å². The Morgan fingerprint density at radius 3 is 0.928 bits per heavy atom. The quantitative estimate of drug-likeness (QED) is 0.102. The number of fused-ring (bicyclic) bond motifs is 12. The zero-order valence-electron chi connectivity index (χ0n) is 75.5. The molecule has 655 valence electrons. The van der Waals surface area contributed by atoms with Gasteiger partial charge in [0.1, 0.15) is 0 Å². The van der Waals surface area contributed by atoms with Crippen LogP contribution in [-0.4, -0.2) is 38.2 Å². The molecule has 0 spiro atoms. The summed E-state index contributed by atoms with van der Waals surface area (Å²) in [5.41, 5.74) is 35.9. The van der Waals surface area contributed by atoms with Gasteiger partial charge < -0.3 is 28.2 Å². The minimum atomic E-state index is 0. The zero-order valence-corrected chi connectivity index (χ0v) is 77.9. The van der Waals surface area contributed by atoms with Gasteiger partial charge in [-0.1, -0.05) is 340 Å². The van der Waals surface area contributed by atoms with E-state index >= 15 is 0 Å². The van der Waals surface area contributed by atoms with E-state index in [9.17, 15) is 0 Å². The molecule has 0 N–H and O–H groups in total. The van der Waals surface area contributed by atoms with E-state index in [-0.39, 0.29) is 20.1 Å². The van der Waals surface area contributed by atoms with E-state index in [1.807, 2.05) is 115 Å². The third kappa shape index (κ3) is 17.1. The molecule has 0 saturated carbocycles. The molecule has 7 heterocycles. The fourth-order valence-corrected chi connectivity index (χ4v) is 19.3. The van der Waals surface area contributed by atoms with Gasteiger partial charge in [0.2, 0.25) is 0 Å². The van der Waals surface area contributed by atoms with Gasteiger partial charge in [-0.05, 0) is 189 Å². The second-order valence-electron chi connectivity index (χ2n) is 34.3. The Morgan fingerprint density at radius 1 is 0.196 bits per heavy atom. The molecule has 26 aromatic rings. The maximum atomic E-state index is 5.33. The van der Waals surface area contributed by atoms with Crippen LogP contribution in [0, 0.1) is 19.1 Å². The molecule has 138 heavy (non-hydrogen) atoms. The van der Waals surface area contributed by atoms with Crippen LogP contribution in [0.4, 0.5) is 0 Å². The van der Waals surface area contributed by atoms with Gasteiger partial charge in [-0.15, -0.1) is 71.8 Å². The first-order valence-electron chi connectivity index (χ1n) is 46.4. The minimum Gasteiger partial charge on any atom is -0.309 e. The summed E-state index contributed by atoms with van der Waals surface area (Å²) in [6, 6.07) is 184. The average molecular weight is 1940 g/mol. The van der Waals surface area contributed by atoms with E-state index in [1.165, 1.54) is 126 Å². The first-order valence-corrected chi connectivity index (χ1v) is 46.4. The van der Waals surface area contributed by atoms with Gasteiger partial charge in [-0.25, -0.2) is 9.97 Å². The SMILES string of the molecule is Cc1cc(-c2[c-]cccc2)ncc1-c1ccccc1.[Ir].[c-]1ccccc1-c1ccccn1.c1ccc(-c2ccc(-c3cc(-c4cc(-n5c6ccccc6c6ccccc65)cc(-n5c6ccccc6c6ccccc65)c4)nc(-c4ccccc4)n3)cc2)cc1.c1ccc(-c2cccc(-n3c4ccccc4c4cc(-c5ccc6c(c5)c5ccccc5n6-c5cccc(-c6ccccc6)c5)ccc43)c2)cc1. The van der Waals surface area contributed by atoms with Gasteiger partial charge in [-0.3, -0.25) is 0 Å². The van der Waals surface area contributed by atoms with Crippen molar-refractivity contribution in [2.45, 2.75) is 6.92 Å². The number of benzene rings is 19. The normalized spacial score (nSPS) is 11.2.